The van der Waals surface area contributed by atoms with Gasteiger partial charge >= 0.3 is 5.97 Å². The van der Waals surface area contributed by atoms with Crippen LogP contribution in [-0.4, -0.2) is 16.9 Å². The van der Waals surface area contributed by atoms with Crippen LogP contribution in [0.25, 0.3) is 0 Å². The number of thiazole rings is 1. The highest BCUT2D eigenvalue weighted by molar-refractivity contribution is 7.09. The van der Waals surface area contributed by atoms with Crippen molar-refractivity contribution in [2.24, 2.45) is 0 Å². The van der Waals surface area contributed by atoms with Gasteiger partial charge in [-0.25, -0.2) is 18.6 Å². The van der Waals surface area contributed by atoms with Gasteiger partial charge in [-0.1, -0.05) is 30.3 Å². The van der Waals surface area contributed by atoms with E-state index in [0.717, 1.165) is 23.8 Å². The van der Waals surface area contributed by atoms with Crippen LogP contribution < -0.4 is 5.32 Å². The standard InChI is InChI=1S/C20H16F2N2O3S/c21-16-7-6-14(8-17(16)22)20(26)27-11-15-12-28-19(24-15)9-18(25)23-10-13-4-2-1-3-5-13/h1-8,12H,9-11H2,(H,23,25). The van der Waals surface area contributed by atoms with Crippen LogP contribution in [0, 0.1) is 11.6 Å². The van der Waals surface area contributed by atoms with Crippen LogP contribution in [0.5, 0.6) is 0 Å². The highest BCUT2D eigenvalue weighted by atomic mass is 32.1. The lowest BCUT2D eigenvalue weighted by molar-refractivity contribution is -0.120. The molecule has 0 saturated heterocycles. The zero-order valence-corrected chi connectivity index (χ0v) is 15.5. The van der Waals surface area contributed by atoms with Gasteiger partial charge in [0.1, 0.15) is 11.6 Å². The molecule has 1 aromatic heterocycles. The van der Waals surface area contributed by atoms with Crippen molar-refractivity contribution in [1.82, 2.24) is 10.3 Å². The van der Waals surface area contributed by atoms with E-state index >= 15 is 0 Å². The number of hydrogen-bond donors (Lipinski definition) is 1. The van der Waals surface area contributed by atoms with Gasteiger partial charge in [-0.3, -0.25) is 4.79 Å². The summed E-state index contributed by atoms with van der Waals surface area (Å²) in [6.07, 6.45) is 0.120. The first kappa shape index (κ1) is 19.6. The summed E-state index contributed by atoms with van der Waals surface area (Å²) in [6.45, 7) is 0.309. The molecule has 0 radical (unpaired) electrons. The average molecular weight is 402 g/mol. The number of ether oxygens (including phenoxy) is 1. The molecule has 1 N–H and O–H groups in total. The van der Waals surface area contributed by atoms with Crippen molar-refractivity contribution in [2.45, 2.75) is 19.6 Å². The van der Waals surface area contributed by atoms with Crippen molar-refractivity contribution in [3.8, 4) is 0 Å². The van der Waals surface area contributed by atoms with Crippen molar-refractivity contribution in [3.63, 3.8) is 0 Å². The summed E-state index contributed by atoms with van der Waals surface area (Å²) < 4.78 is 31.1. The van der Waals surface area contributed by atoms with Crippen LogP contribution in [0.15, 0.2) is 53.9 Å². The average Bonchev–Trinajstić information content (AvgIpc) is 3.14. The Bertz CT molecular complexity index is 977. The van der Waals surface area contributed by atoms with Crippen molar-refractivity contribution < 1.29 is 23.1 Å². The number of carbonyl (C=O) groups is 2. The number of nitrogens with one attached hydrogen (secondary N) is 1. The largest absolute Gasteiger partial charge is 0.456 e. The summed E-state index contributed by atoms with van der Waals surface area (Å²) in [5, 5.41) is 5.08. The molecule has 3 aromatic rings. The van der Waals surface area contributed by atoms with E-state index in [1.165, 1.54) is 11.3 Å². The fourth-order valence-electron chi connectivity index (χ4n) is 2.34. The predicted molar refractivity (Wildman–Crippen MR) is 99.6 cm³/mol. The maximum Gasteiger partial charge on any atom is 0.338 e. The van der Waals surface area contributed by atoms with Gasteiger partial charge in [0, 0.05) is 11.9 Å². The van der Waals surface area contributed by atoms with Crippen LogP contribution in [-0.2, 0) is 29.1 Å². The third-order valence-corrected chi connectivity index (χ3v) is 4.65. The van der Waals surface area contributed by atoms with E-state index in [2.05, 4.69) is 10.3 Å². The van der Waals surface area contributed by atoms with E-state index in [-0.39, 0.29) is 24.5 Å². The van der Waals surface area contributed by atoms with Gasteiger partial charge in [0.15, 0.2) is 11.6 Å². The van der Waals surface area contributed by atoms with E-state index in [9.17, 15) is 18.4 Å². The van der Waals surface area contributed by atoms with E-state index in [0.29, 0.717) is 17.2 Å². The third-order valence-electron chi connectivity index (χ3n) is 3.75. The molecule has 0 aliphatic heterocycles. The second-order valence-electron chi connectivity index (χ2n) is 5.88. The maximum atomic E-state index is 13.2. The molecule has 3 rings (SSSR count). The Kier molecular flexibility index (Phi) is 6.44. The predicted octanol–water partition coefficient (Wildman–Crippen LogP) is 3.64. The third kappa shape index (κ3) is 5.43. The molecule has 28 heavy (non-hydrogen) atoms. The van der Waals surface area contributed by atoms with Crippen LogP contribution in [0.2, 0.25) is 0 Å². The first-order chi connectivity index (χ1) is 13.5. The van der Waals surface area contributed by atoms with Crippen LogP contribution >= 0.6 is 11.3 Å². The second kappa shape index (κ2) is 9.18. The molecule has 0 saturated carbocycles. The summed E-state index contributed by atoms with van der Waals surface area (Å²) in [4.78, 5) is 28.1. The fraction of sp³-hybridized carbons (Fsp3) is 0.150. The topological polar surface area (TPSA) is 68.3 Å². The minimum absolute atomic E-state index is 0.0883. The van der Waals surface area contributed by atoms with Gasteiger partial charge in [0.05, 0.1) is 17.7 Å². The first-order valence-corrected chi connectivity index (χ1v) is 9.25. The summed E-state index contributed by atoms with van der Waals surface area (Å²) in [5.74, 6) is -3.10. The van der Waals surface area contributed by atoms with Gasteiger partial charge < -0.3 is 10.1 Å². The lowest BCUT2D eigenvalue weighted by Gasteiger charge is -2.04. The Hall–Kier alpha value is -3.13. The van der Waals surface area contributed by atoms with Crippen molar-refractivity contribution in [3.05, 3.63) is 87.4 Å². The zero-order chi connectivity index (χ0) is 19.9. The number of carbonyl (C=O) groups excluding carboxylic acids is 2. The molecule has 8 heteroatoms. The van der Waals surface area contributed by atoms with Gasteiger partial charge in [0.25, 0.3) is 0 Å². The fourth-order valence-corrected chi connectivity index (χ4v) is 3.12. The lowest BCUT2D eigenvalue weighted by Crippen LogP contribution is -2.24. The smallest absolute Gasteiger partial charge is 0.338 e. The minimum Gasteiger partial charge on any atom is -0.456 e. The number of rotatable bonds is 7. The molecule has 144 valence electrons. The number of benzene rings is 2. The molecule has 0 aliphatic rings. The number of amides is 1. The Morgan fingerprint density at radius 2 is 1.86 bits per heavy atom. The van der Waals surface area contributed by atoms with E-state index in [1.54, 1.807) is 5.38 Å². The maximum absolute atomic E-state index is 13.2. The van der Waals surface area contributed by atoms with Crippen molar-refractivity contribution in [1.29, 1.82) is 0 Å². The second-order valence-corrected chi connectivity index (χ2v) is 6.82. The molecule has 5 nitrogen and oxygen atoms in total. The molecule has 0 atom stereocenters. The number of esters is 1. The number of aromatic nitrogens is 1. The van der Waals surface area contributed by atoms with Crippen LogP contribution in [0.4, 0.5) is 8.78 Å². The minimum atomic E-state index is -1.12. The highest BCUT2D eigenvalue weighted by Crippen LogP contribution is 2.14. The SMILES string of the molecule is O=C(Cc1nc(COC(=O)c2ccc(F)c(F)c2)cs1)NCc1ccccc1. The summed E-state index contributed by atoms with van der Waals surface area (Å²) in [7, 11) is 0. The Morgan fingerprint density at radius 3 is 2.61 bits per heavy atom. The Morgan fingerprint density at radius 1 is 1.07 bits per heavy atom. The van der Waals surface area contributed by atoms with Gasteiger partial charge in [-0.15, -0.1) is 11.3 Å². The quantitative estimate of drug-likeness (QED) is 0.613. The Balaban J connectivity index is 1.47. The molecular weight excluding hydrogens is 386 g/mol. The first-order valence-electron chi connectivity index (χ1n) is 8.37. The van der Waals surface area contributed by atoms with Gasteiger partial charge in [-0.05, 0) is 23.8 Å². The van der Waals surface area contributed by atoms with E-state index in [4.69, 9.17) is 4.74 Å². The monoisotopic (exact) mass is 402 g/mol. The van der Waals surface area contributed by atoms with Crippen molar-refractivity contribution >= 4 is 23.2 Å². The number of nitrogens with zero attached hydrogens (tertiary/aromatic N) is 1. The zero-order valence-electron chi connectivity index (χ0n) is 14.7. The van der Waals surface area contributed by atoms with Crippen LogP contribution in [0.1, 0.15) is 26.6 Å². The molecule has 0 aliphatic carbocycles. The summed E-state index contributed by atoms with van der Waals surface area (Å²) in [6, 6.07) is 12.3. The summed E-state index contributed by atoms with van der Waals surface area (Å²) >= 11 is 1.28. The van der Waals surface area contributed by atoms with E-state index < -0.39 is 17.6 Å². The van der Waals surface area contributed by atoms with Gasteiger partial charge in [0.2, 0.25) is 5.91 Å². The molecule has 1 heterocycles. The summed E-state index contributed by atoms with van der Waals surface area (Å²) in [5.41, 5.74) is 1.39. The number of hydrogen-bond acceptors (Lipinski definition) is 5. The van der Waals surface area contributed by atoms with Crippen LogP contribution in [0.3, 0.4) is 0 Å². The van der Waals surface area contributed by atoms with Gasteiger partial charge in [-0.2, -0.15) is 0 Å². The number of halogens is 2. The lowest BCUT2D eigenvalue weighted by atomic mass is 10.2. The molecule has 0 spiro atoms. The van der Waals surface area contributed by atoms with Crippen molar-refractivity contribution in [2.75, 3.05) is 0 Å². The normalized spacial score (nSPS) is 10.5. The molecule has 2 aromatic carbocycles. The van der Waals surface area contributed by atoms with E-state index in [1.807, 2.05) is 30.3 Å². The molecule has 0 bridgehead atoms. The molecule has 0 unspecified atom stereocenters. The molecule has 1 amide bonds. The Labute approximate surface area is 164 Å². The molecule has 0 fully saturated rings. The highest BCUT2D eigenvalue weighted by Gasteiger charge is 2.13. The molecular formula is C20H16F2N2O3S.